The summed E-state index contributed by atoms with van der Waals surface area (Å²) in [6, 6.07) is 7.32. The molecular weight excluding hydrogens is 254 g/mol. The molecule has 0 amide bonds. The Kier molecular flexibility index (Phi) is 3.78. The Morgan fingerprint density at radius 1 is 1.50 bits per heavy atom. The van der Waals surface area contributed by atoms with Gasteiger partial charge in [0.1, 0.15) is 0 Å². The van der Waals surface area contributed by atoms with E-state index >= 15 is 0 Å². The van der Waals surface area contributed by atoms with Gasteiger partial charge in [0.25, 0.3) is 5.56 Å². The molecule has 2 rings (SSSR count). The van der Waals surface area contributed by atoms with Gasteiger partial charge >= 0.3 is 5.97 Å². The highest BCUT2D eigenvalue weighted by atomic mass is 32.1. The zero-order valence-electron chi connectivity index (χ0n) is 9.83. The number of aromatic nitrogens is 1. The molecule has 0 aliphatic rings. The van der Waals surface area contributed by atoms with E-state index < -0.39 is 12.1 Å². The molecule has 1 unspecified atom stereocenters. The third-order valence-corrected chi connectivity index (χ3v) is 3.75. The maximum atomic E-state index is 12.0. The van der Waals surface area contributed by atoms with Crippen LogP contribution >= 0.6 is 11.5 Å². The quantitative estimate of drug-likeness (QED) is 0.892. The first kappa shape index (κ1) is 12.8. The van der Waals surface area contributed by atoms with E-state index in [1.165, 1.54) is 18.6 Å². The Morgan fingerprint density at radius 3 is 2.83 bits per heavy atom. The van der Waals surface area contributed by atoms with Crippen LogP contribution in [-0.2, 0) is 16.1 Å². The number of rotatable bonds is 5. The molecule has 0 radical (unpaired) electrons. The van der Waals surface area contributed by atoms with Crippen LogP contribution < -0.4 is 5.56 Å². The van der Waals surface area contributed by atoms with Gasteiger partial charge in [-0.2, -0.15) is 0 Å². The van der Waals surface area contributed by atoms with Gasteiger partial charge in [0.05, 0.1) is 29.2 Å². The van der Waals surface area contributed by atoms with Crippen molar-refractivity contribution in [1.82, 2.24) is 3.96 Å². The van der Waals surface area contributed by atoms with Gasteiger partial charge in [-0.1, -0.05) is 23.7 Å². The fourth-order valence-corrected chi connectivity index (χ4v) is 2.79. The van der Waals surface area contributed by atoms with Crippen LogP contribution in [0.1, 0.15) is 6.42 Å². The largest absolute Gasteiger partial charge is 0.481 e. The molecule has 0 aliphatic carbocycles. The first-order valence-corrected chi connectivity index (χ1v) is 6.22. The van der Waals surface area contributed by atoms with Crippen LogP contribution in [0.15, 0.2) is 29.1 Å². The number of hydrogen-bond acceptors (Lipinski definition) is 4. The van der Waals surface area contributed by atoms with E-state index in [4.69, 9.17) is 9.84 Å². The predicted molar refractivity (Wildman–Crippen MR) is 69.1 cm³/mol. The van der Waals surface area contributed by atoms with Crippen molar-refractivity contribution in [2.24, 2.45) is 0 Å². The van der Waals surface area contributed by atoms with Gasteiger partial charge in [-0.3, -0.25) is 13.5 Å². The lowest BCUT2D eigenvalue weighted by Crippen LogP contribution is -2.26. The second kappa shape index (κ2) is 5.32. The van der Waals surface area contributed by atoms with E-state index in [0.29, 0.717) is 5.39 Å². The summed E-state index contributed by atoms with van der Waals surface area (Å²) < 4.78 is 7.52. The topological polar surface area (TPSA) is 68.5 Å². The highest BCUT2D eigenvalue weighted by Gasteiger charge is 2.16. The van der Waals surface area contributed by atoms with Crippen LogP contribution in [0.4, 0.5) is 0 Å². The molecule has 1 N–H and O–H groups in total. The van der Waals surface area contributed by atoms with Gasteiger partial charge in [-0.15, -0.1) is 0 Å². The molecule has 2 aromatic rings. The van der Waals surface area contributed by atoms with E-state index in [9.17, 15) is 9.59 Å². The highest BCUT2D eigenvalue weighted by Crippen LogP contribution is 2.16. The molecule has 5 nitrogen and oxygen atoms in total. The van der Waals surface area contributed by atoms with Crippen LogP contribution in [0.5, 0.6) is 0 Å². The minimum Gasteiger partial charge on any atom is -0.481 e. The number of fused-ring (bicyclic) bond motifs is 1. The van der Waals surface area contributed by atoms with Crippen molar-refractivity contribution in [2.75, 3.05) is 7.11 Å². The number of methoxy groups -OCH3 is 1. The van der Waals surface area contributed by atoms with Gasteiger partial charge < -0.3 is 9.84 Å². The smallest absolute Gasteiger partial charge is 0.306 e. The van der Waals surface area contributed by atoms with Gasteiger partial charge in [0.15, 0.2) is 0 Å². The fourth-order valence-electron chi connectivity index (χ4n) is 1.74. The van der Waals surface area contributed by atoms with Crippen molar-refractivity contribution in [3.8, 4) is 0 Å². The Bertz CT molecular complexity index is 616. The molecule has 1 aromatic carbocycles. The zero-order valence-corrected chi connectivity index (χ0v) is 10.6. The Hall–Kier alpha value is -1.66. The molecule has 6 heteroatoms. The van der Waals surface area contributed by atoms with Gasteiger partial charge in [-0.05, 0) is 12.1 Å². The summed E-state index contributed by atoms with van der Waals surface area (Å²) in [5.74, 6) is -0.934. The third kappa shape index (κ3) is 2.60. The molecule has 0 fully saturated rings. The molecule has 0 bridgehead atoms. The first-order chi connectivity index (χ1) is 8.61. The van der Waals surface area contributed by atoms with E-state index in [1.54, 1.807) is 10.0 Å². The number of ether oxygens (including phenoxy) is 1. The minimum atomic E-state index is -0.934. The van der Waals surface area contributed by atoms with E-state index in [0.717, 1.165) is 4.70 Å². The van der Waals surface area contributed by atoms with Crippen molar-refractivity contribution >= 4 is 27.6 Å². The predicted octanol–water partition coefficient (Wildman–Crippen LogP) is 1.55. The van der Waals surface area contributed by atoms with Crippen LogP contribution in [0.25, 0.3) is 10.1 Å². The molecule has 18 heavy (non-hydrogen) atoms. The molecule has 0 spiro atoms. The monoisotopic (exact) mass is 267 g/mol. The van der Waals surface area contributed by atoms with Crippen LogP contribution in [0.2, 0.25) is 0 Å². The number of benzene rings is 1. The number of hydrogen-bond donors (Lipinski definition) is 1. The van der Waals surface area contributed by atoms with E-state index in [-0.39, 0.29) is 18.5 Å². The number of carboxylic acids is 1. The Labute approximate surface area is 107 Å². The summed E-state index contributed by atoms with van der Waals surface area (Å²) in [5, 5.41) is 9.40. The highest BCUT2D eigenvalue weighted by molar-refractivity contribution is 7.13. The lowest BCUT2D eigenvalue weighted by atomic mass is 10.2. The third-order valence-electron chi connectivity index (χ3n) is 2.66. The Balaban J connectivity index is 2.28. The summed E-state index contributed by atoms with van der Waals surface area (Å²) in [7, 11) is 1.45. The summed E-state index contributed by atoms with van der Waals surface area (Å²) in [5.41, 5.74) is -0.0944. The number of carbonyl (C=O) groups is 1. The van der Waals surface area contributed by atoms with E-state index in [2.05, 4.69) is 0 Å². The average Bonchev–Trinajstić information content (AvgIpc) is 2.66. The van der Waals surface area contributed by atoms with Crippen LogP contribution in [-0.4, -0.2) is 28.2 Å². The second-order valence-electron chi connectivity index (χ2n) is 3.91. The van der Waals surface area contributed by atoms with E-state index in [1.807, 2.05) is 18.2 Å². The van der Waals surface area contributed by atoms with Crippen LogP contribution in [0, 0.1) is 0 Å². The van der Waals surface area contributed by atoms with Crippen molar-refractivity contribution in [3.05, 3.63) is 34.6 Å². The van der Waals surface area contributed by atoms with Crippen LogP contribution in [0.3, 0.4) is 0 Å². The van der Waals surface area contributed by atoms with Crippen molar-refractivity contribution in [3.63, 3.8) is 0 Å². The average molecular weight is 267 g/mol. The first-order valence-electron chi connectivity index (χ1n) is 5.45. The summed E-state index contributed by atoms with van der Waals surface area (Å²) >= 11 is 1.33. The van der Waals surface area contributed by atoms with Crippen molar-refractivity contribution < 1.29 is 14.6 Å². The maximum Gasteiger partial charge on any atom is 0.306 e. The minimum absolute atomic E-state index is 0.0944. The molecule has 0 saturated heterocycles. The number of aliphatic carboxylic acids is 1. The van der Waals surface area contributed by atoms with Crippen molar-refractivity contribution in [2.45, 2.75) is 19.1 Å². The van der Waals surface area contributed by atoms with Gasteiger partial charge in [0.2, 0.25) is 0 Å². The fraction of sp³-hybridized carbons (Fsp3) is 0.333. The molecule has 96 valence electrons. The number of carboxylic acid groups (broad SMARTS) is 1. The molecule has 1 heterocycles. The molecule has 0 saturated carbocycles. The molecule has 1 atom stereocenters. The van der Waals surface area contributed by atoms with Gasteiger partial charge in [0, 0.05) is 7.11 Å². The van der Waals surface area contributed by atoms with Crippen molar-refractivity contribution in [1.29, 1.82) is 0 Å². The lowest BCUT2D eigenvalue weighted by molar-refractivity contribution is -0.139. The summed E-state index contributed by atoms with van der Waals surface area (Å²) in [6.45, 7) is 0.265. The zero-order chi connectivity index (χ0) is 13.1. The SMILES string of the molecule is COC(CC(=O)O)Cn1sc2ccccc2c1=O. The molecular formula is C12H13NO4S. The maximum absolute atomic E-state index is 12.0. The standard InChI is InChI=1S/C12H13NO4S/c1-17-8(6-11(14)15)7-13-12(16)9-4-2-3-5-10(9)18-13/h2-5,8H,6-7H2,1H3,(H,14,15). The number of nitrogens with zero attached hydrogens (tertiary/aromatic N) is 1. The molecule has 0 aliphatic heterocycles. The summed E-state index contributed by atoms with van der Waals surface area (Å²) in [4.78, 5) is 22.7. The Morgan fingerprint density at radius 2 is 2.22 bits per heavy atom. The lowest BCUT2D eigenvalue weighted by Gasteiger charge is -2.12. The van der Waals surface area contributed by atoms with Gasteiger partial charge in [-0.25, -0.2) is 0 Å². The summed E-state index contributed by atoms with van der Waals surface area (Å²) in [6.07, 6.45) is -0.606. The normalized spacial score (nSPS) is 12.7. The molecule has 1 aromatic heterocycles. The second-order valence-corrected chi connectivity index (χ2v) is 4.97.